The Kier molecular flexibility index (Phi) is 6.66. The molecule has 1 heterocycles. The van der Waals surface area contributed by atoms with Crippen molar-refractivity contribution < 1.29 is 19.1 Å². The molecule has 0 atom stereocenters. The lowest BCUT2D eigenvalue weighted by molar-refractivity contribution is -0.125. The molecule has 0 radical (unpaired) electrons. The average molecular weight is 354 g/mol. The van der Waals surface area contributed by atoms with Crippen molar-refractivity contribution in [3.8, 4) is 11.5 Å². The van der Waals surface area contributed by atoms with Crippen LogP contribution in [0.5, 0.6) is 11.5 Å². The van der Waals surface area contributed by atoms with Crippen molar-refractivity contribution in [2.24, 2.45) is 0 Å². The second-order valence-electron chi connectivity index (χ2n) is 4.64. The minimum absolute atomic E-state index is 0.0140. The lowest BCUT2D eigenvalue weighted by atomic mass is 10.3. The Morgan fingerprint density at radius 1 is 1.30 bits per heavy atom. The standard InChI is InChI=1S/C15H18N2O4S2/c1-2-20-11-3-5-12(6-4-11)21-9-13(18)16-7-8-17-14(19)10-23-15(17)22/h3-6H,2,7-10H2,1H3,(H,16,18). The van der Waals surface area contributed by atoms with Gasteiger partial charge in [0, 0.05) is 13.1 Å². The van der Waals surface area contributed by atoms with Crippen LogP contribution < -0.4 is 14.8 Å². The number of carbonyl (C=O) groups excluding carboxylic acids is 2. The molecule has 0 spiro atoms. The number of hydrogen-bond acceptors (Lipinski definition) is 6. The number of thioether (sulfide) groups is 1. The molecule has 2 amide bonds. The number of rotatable bonds is 8. The Bertz CT molecular complexity index is 561. The van der Waals surface area contributed by atoms with E-state index < -0.39 is 0 Å². The van der Waals surface area contributed by atoms with Crippen LogP contribution >= 0.6 is 24.0 Å². The summed E-state index contributed by atoms with van der Waals surface area (Å²) in [7, 11) is 0. The molecule has 0 aliphatic carbocycles. The van der Waals surface area contributed by atoms with Crippen LogP contribution in [0.25, 0.3) is 0 Å². The van der Waals surface area contributed by atoms with E-state index in [2.05, 4.69) is 5.32 Å². The fraction of sp³-hybridized carbons (Fsp3) is 0.400. The fourth-order valence-electron chi connectivity index (χ4n) is 1.90. The van der Waals surface area contributed by atoms with Gasteiger partial charge in [0.05, 0.1) is 12.4 Å². The molecule has 124 valence electrons. The first-order valence-corrected chi connectivity index (χ1v) is 8.59. The normalized spacial score (nSPS) is 14.0. The zero-order valence-corrected chi connectivity index (χ0v) is 14.4. The summed E-state index contributed by atoms with van der Waals surface area (Å²) in [6, 6.07) is 7.07. The summed E-state index contributed by atoms with van der Waals surface area (Å²) in [5, 5.41) is 2.70. The number of hydrogen-bond donors (Lipinski definition) is 1. The van der Waals surface area contributed by atoms with Crippen molar-refractivity contribution in [1.82, 2.24) is 10.2 Å². The largest absolute Gasteiger partial charge is 0.494 e. The molecule has 1 aromatic carbocycles. The number of nitrogens with one attached hydrogen (secondary N) is 1. The SMILES string of the molecule is CCOc1ccc(OCC(=O)NCCN2C(=O)CSC2=S)cc1. The van der Waals surface area contributed by atoms with Gasteiger partial charge in [-0.2, -0.15) is 0 Å². The number of benzene rings is 1. The van der Waals surface area contributed by atoms with Crippen molar-refractivity contribution in [2.75, 3.05) is 32.1 Å². The van der Waals surface area contributed by atoms with E-state index in [0.717, 1.165) is 5.75 Å². The van der Waals surface area contributed by atoms with E-state index in [1.54, 1.807) is 24.3 Å². The molecule has 0 unspecified atom stereocenters. The zero-order chi connectivity index (χ0) is 16.7. The molecule has 6 nitrogen and oxygen atoms in total. The van der Waals surface area contributed by atoms with Gasteiger partial charge in [0.1, 0.15) is 15.8 Å². The van der Waals surface area contributed by atoms with Crippen molar-refractivity contribution >= 4 is 40.1 Å². The first kappa shape index (κ1) is 17.6. The van der Waals surface area contributed by atoms with Gasteiger partial charge in [-0.15, -0.1) is 0 Å². The number of carbonyl (C=O) groups is 2. The molecule has 0 bridgehead atoms. The quantitative estimate of drug-likeness (QED) is 0.713. The van der Waals surface area contributed by atoms with E-state index in [1.165, 1.54) is 16.7 Å². The molecule has 1 aromatic rings. The van der Waals surface area contributed by atoms with Crippen LogP contribution in [0, 0.1) is 0 Å². The van der Waals surface area contributed by atoms with Crippen LogP contribution in [0.3, 0.4) is 0 Å². The molecule has 1 aliphatic heterocycles. The summed E-state index contributed by atoms with van der Waals surface area (Å²) in [6.07, 6.45) is 0. The summed E-state index contributed by atoms with van der Waals surface area (Å²) in [4.78, 5) is 24.7. The van der Waals surface area contributed by atoms with Crippen molar-refractivity contribution in [1.29, 1.82) is 0 Å². The Labute approximate surface area is 144 Å². The maximum atomic E-state index is 11.7. The van der Waals surface area contributed by atoms with Gasteiger partial charge in [0.15, 0.2) is 6.61 Å². The third kappa shape index (κ3) is 5.40. The average Bonchev–Trinajstić information content (AvgIpc) is 2.86. The first-order chi connectivity index (χ1) is 11.1. The molecular formula is C15H18N2O4S2. The van der Waals surface area contributed by atoms with Gasteiger partial charge in [0.25, 0.3) is 5.91 Å². The second-order valence-corrected chi connectivity index (χ2v) is 6.25. The summed E-state index contributed by atoms with van der Waals surface area (Å²) >= 11 is 6.41. The minimum Gasteiger partial charge on any atom is -0.494 e. The molecule has 1 aliphatic rings. The highest BCUT2D eigenvalue weighted by Crippen LogP contribution is 2.18. The fourth-order valence-corrected chi connectivity index (χ4v) is 3.02. The Morgan fingerprint density at radius 3 is 2.52 bits per heavy atom. The molecule has 0 saturated carbocycles. The van der Waals surface area contributed by atoms with Crippen LogP contribution in [-0.2, 0) is 9.59 Å². The van der Waals surface area contributed by atoms with Crippen molar-refractivity contribution in [3.05, 3.63) is 24.3 Å². The molecule has 2 rings (SSSR count). The number of thiocarbonyl (C=S) groups is 1. The van der Waals surface area contributed by atoms with E-state index in [4.69, 9.17) is 21.7 Å². The van der Waals surface area contributed by atoms with Crippen LogP contribution in [0.4, 0.5) is 0 Å². The number of amides is 2. The van der Waals surface area contributed by atoms with Crippen LogP contribution in [0.2, 0.25) is 0 Å². The van der Waals surface area contributed by atoms with Crippen molar-refractivity contribution in [2.45, 2.75) is 6.92 Å². The predicted octanol–water partition coefficient (Wildman–Crippen LogP) is 1.44. The smallest absolute Gasteiger partial charge is 0.258 e. The first-order valence-electron chi connectivity index (χ1n) is 7.19. The topological polar surface area (TPSA) is 67.9 Å². The molecule has 1 fully saturated rings. The van der Waals surface area contributed by atoms with Gasteiger partial charge in [-0.05, 0) is 31.2 Å². The Hall–Kier alpha value is -1.80. The third-order valence-electron chi connectivity index (χ3n) is 3.00. The number of nitrogens with zero attached hydrogens (tertiary/aromatic N) is 1. The van der Waals surface area contributed by atoms with E-state index in [0.29, 0.717) is 35.5 Å². The van der Waals surface area contributed by atoms with Gasteiger partial charge in [-0.25, -0.2) is 0 Å². The molecular weight excluding hydrogens is 336 g/mol. The molecule has 0 aromatic heterocycles. The molecule has 8 heteroatoms. The maximum absolute atomic E-state index is 11.7. The van der Waals surface area contributed by atoms with Gasteiger partial charge in [-0.3, -0.25) is 14.5 Å². The predicted molar refractivity (Wildman–Crippen MR) is 92.9 cm³/mol. The van der Waals surface area contributed by atoms with E-state index in [-0.39, 0.29) is 18.4 Å². The zero-order valence-electron chi connectivity index (χ0n) is 12.7. The third-order valence-corrected chi connectivity index (χ3v) is 4.44. The summed E-state index contributed by atoms with van der Waals surface area (Å²) in [5.74, 6) is 1.47. The lowest BCUT2D eigenvalue weighted by Gasteiger charge is -2.15. The Balaban J connectivity index is 1.66. The Morgan fingerprint density at radius 2 is 1.96 bits per heavy atom. The van der Waals surface area contributed by atoms with Gasteiger partial charge in [-0.1, -0.05) is 24.0 Å². The van der Waals surface area contributed by atoms with Gasteiger partial charge >= 0.3 is 0 Å². The van der Waals surface area contributed by atoms with Crippen LogP contribution in [-0.4, -0.2) is 53.1 Å². The van der Waals surface area contributed by atoms with Crippen LogP contribution in [0.1, 0.15) is 6.92 Å². The highest BCUT2D eigenvalue weighted by Gasteiger charge is 2.25. The molecule has 23 heavy (non-hydrogen) atoms. The van der Waals surface area contributed by atoms with Gasteiger partial charge < -0.3 is 14.8 Å². The minimum atomic E-state index is -0.246. The summed E-state index contributed by atoms with van der Waals surface area (Å²) < 4.78 is 11.3. The van der Waals surface area contributed by atoms with Gasteiger partial charge in [0.2, 0.25) is 5.91 Å². The summed E-state index contributed by atoms with van der Waals surface area (Å²) in [6.45, 7) is 3.17. The van der Waals surface area contributed by atoms with E-state index in [9.17, 15) is 9.59 Å². The second kappa shape index (κ2) is 8.73. The highest BCUT2D eigenvalue weighted by molar-refractivity contribution is 8.23. The maximum Gasteiger partial charge on any atom is 0.258 e. The molecule has 1 saturated heterocycles. The van der Waals surface area contributed by atoms with Crippen LogP contribution in [0.15, 0.2) is 24.3 Å². The lowest BCUT2D eigenvalue weighted by Crippen LogP contribution is -2.38. The monoisotopic (exact) mass is 354 g/mol. The van der Waals surface area contributed by atoms with E-state index >= 15 is 0 Å². The summed E-state index contributed by atoms with van der Waals surface area (Å²) in [5.41, 5.74) is 0. The molecule has 1 N–H and O–H groups in total. The van der Waals surface area contributed by atoms with Crippen molar-refractivity contribution in [3.63, 3.8) is 0 Å². The van der Waals surface area contributed by atoms with E-state index in [1.807, 2.05) is 6.92 Å². The number of ether oxygens (including phenoxy) is 2. The highest BCUT2D eigenvalue weighted by atomic mass is 32.2.